The number of hydrogen-bond donors (Lipinski definition) is 2. The van der Waals surface area contributed by atoms with Crippen molar-refractivity contribution in [3.8, 4) is 0 Å². The molecule has 21 heavy (non-hydrogen) atoms. The number of carboxylic acid groups (broad SMARTS) is 1. The molecule has 0 spiro atoms. The standard InChI is InChI=1S/C14H24N2O4S/c17-13(10-21-12-1-5-15-6-2-12)16-7-3-11(4-8-16)20-9-14(18)19/h11-12,15H,1-10H2,(H,18,19). The van der Waals surface area contributed by atoms with Crippen LogP contribution in [-0.4, -0.2) is 71.8 Å². The fourth-order valence-corrected chi connectivity index (χ4v) is 3.83. The van der Waals surface area contributed by atoms with Crippen LogP contribution in [0, 0.1) is 0 Å². The molecule has 1 amide bonds. The Morgan fingerprint density at radius 3 is 2.48 bits per heavy atom. The van der Waals surface area contributed by atoms with Crippen LogP contribution in [0.2, 0.25) is 0 Å². The number of rotatable bonds is 6. The highest BCUT2D eigenvalue weighted by Crippen LogP contribution is 2.21. The van der Waals surface area contributed by atoms with Gasteiger partial charge in [-0.1, -0.05) is 0 Å². The van der Waals surface area contributed by atoms with Crippen LogP contribution in [0.25, 0.3) is 0 Å². The van der Waals surface area contributed by atoms with Crippen molar-refractivity contribution in [1.82, 2.24) is 10.2 Å². The summed E-state index contributed by atoms with van der Waals surface area (Å²) in [5.74, 6) is -0.173. The molecule has 0 radical (unpaired) electrons. The number of piperidine rings is 2. The molecule has 2 N–H and O–H groups in total. The fraction of sp³-hybridized carbons (Fsp3) is 0.857. The number of likely N-dealkylation sites (tertiary alicyclic amines) is 1. The molecule has 120 valence electrons. The van der Waals surface area contributed by atoms with Crippen LogP contribution >= 0.6 is 11.8 Å². The van der Waals surface area contributed by atoms with E-state index in [9.17, 15) is 9.59 Å². The molecule has 0 aliphatic carbocycles. The van der Waals surface area contributed by atoms with E-state index >= 15 is 0 Å². The summed E-state index contributed by atoms with van der Waals surface area (Å²) in [6, 6.07) is 0. The molecule has 0 aromatic rings. The van der Waals surface area contributed by atoms with E-state index in [1.165, 1.54) is 0 Å². The summed E-state index contributed by atoms with van der Waals surface area (Å²) in [4.78, 5) is 24.5. The second kappa shape index (κ2) is 8.60. The van der Waals surface area contributed by atoms with Crippen LogP contribution in [0.5, 0.6) is 0 Å². The van der Waals surface area contributed by atoms with E-state index < -0.39 is 5.97 Å². The third kappa shape index (κ3) is 5.84. The Labute approximate surface area is 129 Å². The molecule has 0 atom stereocenters. The second-order valence-corrected chi connectivity index (χ2v) is 6.83. The summed E-state index contributed by atoms with van der Waals surface area (Å²) in [6.45, 7) is 3.21. The van der Waals surface area contributed by atoms with E-state index in [0.29, 0.717) is 24.1 Å². The van der Waals surface area contributed by atoms with Gasteiger partial charge in [0, 0.05) is 18.3 Å². The van der Waals surface area contributed by atoms with Crippen LogP contribution in [0.4, 0.5) is 0 Å². The molecule has 2 aliphatic heterocycles. The van der Waals surface area contributed by atoms with Gasteiger partial charge >= 0.3 is 5.97 Å². The van der Waals surface area contributed by atoms with E-state index in [-0.39, 0.29) is 18.6 Å². The van der Waals surface area contributed by atoms with Gasteiger partial charge in [0.05, 0.1) is 11.9 Å². The molecule has 2 saturated heterocycles. The maximum Gasteiger partial charge on any atom is 0.329 e. The number of thioether (sulfide) groups is 1. The second-order valence-electron chi connectivity index (χ2n) is 5.55. The summed E-state index contributed by atoms with van der Waals surface area (Å²) in [7, 11) is 0. The van der Waals surface area contributed by atoms with Crippen molar-refractivity contribution in [3.63, 3.8) is 0 Å². The summed E-state index contributed by atoms with van der Waals surface area (Å²) < 4.78 is 5.28. The first-order chi connectivity index (χ1) is 10.1. The molecular formula is C14H24N2O4S. The molecule has 7 heteroatoms. The first-order valence-electron chi connectivity index (χ1n) is 7.58. The number of ether oxygens (including phenoxy) is 1. The molecule has 2 heterocycles. The lowest BCUT2D eigenvalue weighted by molar-refractivity contribution is -0.146. The van der Waals surface area contributed by atoms with Crippen molar-refractivity contribution in [1.29, 1.82) is 0 Å². The Hall–Kier alpha value is -0.790. The molecular weight excluding hydrogens is 292 g/mol. The molecule has 0 saturated carbocycles. The minimum atomic E-state index is -0.938. The molecule has 0 aromatic carbocycles. The molecule has 0 unspecified atom stereocenters. The number of carboxylic acids is 1. The quantitative estimate of drug-likeness (QED) is 0.746. The largest absolute Gasteiger partial charge is 0.480 e. The number of nitrogens with zero attached hydrogens (tertiary/aromatic N) is 1. The molecule has 6 nitrogen and oxygen atoms in total. The highest BCUT2D eigenvalue weighted by molar-refractivity contribution is 8.00. The highest BCUT2D eigenvalue weighted by atomic mass is 32.2. The van der Waals surface area contributed by atoms with E-state index in [1.807, 2.05) is 4.90 Å². The van der Waals surface area contributed by atoms with Gasteiger partial charge in [0.1, 0.15) is 6.61 Å². The maximum absolute atomic E-state index is 12.2. The van der Waals surface area contributed by atoms with Crippen LogP contribution < -0.4 is 5.32 Å². The van der Waals surface area contributed by atoms with Gasteiger partial charge in [0.2, 0.25) is 5.91 Å². The first kappa shape index (κ1) is 16.6. The molecule has 2 aliphatic rings. The van der Waals surface area contributed by atoms with Gasteiger partial charge in [0.15, 0.2) is 0 Å². The van der Waals surface area contributed by atoms with Gasteiger partial charge in [-0.3, -0.25) is 4.79 Å². The lowest BCUT2D eigenvalue weighted by Gasteiger charge is -2.32. The average Bonchev–Trinajstić information content (AvgIpc) is 2.52. The Kier molecular flexibility index (Phi) is 6.79. The van der Waals surface area contributed by atoms with Crippen molar-refractivity contribution >= 4 is 23.6 Å². The average molecular weight is 316 g/mol. The normalized spacial score (nSPS) is 21.4. The predicted molar refractivity (Wildman–Crippen MR) is 81.5 cm³/mol. The number of aliphatic carboxylic acids is 1. The molecule has 2 rings (SSSR count). The predicted octanol–water partition coefficient (Wildman–Crippen LogP) is 0.564. The van der Waals surface area contributed by atoms with Crippen molar-refractivity contribution in [2.24, 2.45) is 0 Å². The van der Waals surface area contributed by atoms with Gasteiger partial charge in [-0.15, -0.1) is 11.8 Å². The smallest absolute Gasteiger partial charge is 0.329 e. The van der Waals surface area contributed by atoms with Crippen molar-refractivity contribution in [2.45, 2.75) is 37.0 Å². The van der Waals surface area contributed by atoms with Crippen LogP contribution in [0.15, 0.2) is 0 Å². The SMILES string of the molecule is O=C(O)COC1CCN(C(=O)CSC2CCNCC2)CC1. The maximum atomic E-state index is 12.2. The van der Waals surface area contributed by atoms with Crippen LogP contribution in [-0.2, 0) is 14.3 Å². The van der Waals surface area contributed by atoms with Crippen molar-refractivity contribution in [2.75, 3.05) is 38.5 Å². The number of carbonyl (C=O) groups excluding carboxylic acids is 1. The third-order valence-corrected chi connectivity index (χ3v) is 5.32. The fourth-order valence-electron chi connectivity index (χ4n) is 2.70. The van der Waals surface area contributed by atoms with Gasteiger partial charge < -0.3 is 20.1 Å². The summed E-state index contributed by atoms with van der Waals surface area (Å²) in [6.07, 6.45) is 3.72. The van der Waals surface area contributed by atoms with E-state index in [2.05, 4.69) is 5.32 Å². The van der Waals surface area contributed by atoms with E-state index in [1.54, 1.807) is 11.8 Å². The van der Waals surface area contributed by atoms with Gasteiger partial charge in [0.25, 0.3) is 0 Å². The van der Waals surface area contributed by atoms with Crippen molar-refractivity contribution in [3.05, 3.63) is 0 Å². The van der Waals surface area contributed by atoms with Gasteiger partial charge in [-0.2, -0.15) is 0 Å². The Morgan fingerprint density at radius 2 is 1.86 bits per heavy atom. The minimum absolute atomic E-state index is 0.0257. The Balaban J connectivity index is 1.62. The first-order valence-corrected chi connectivity index (χ1v) is 8.63. The van der Waals surface area contributed by atoms with Crippen LogP contribution in [0.3, 0.4) is 0 Å². The monoisotopic (exact) mass is 316 g/mol. The molecule has 0 aromatic heterocycles. The molecule has 0 bridgehead atoms. The topological polar surface area (TPSA) is 78.9 Å². The summed E-state index contributed by atoms with van der Waals surface area (Å²) in [5, 5.41) is 12.5. The van der Waals surface area contributed by atoms with Gasteiger partial charge in [-0.05, 0) is 38.8 Å². The van der Waals surface area contributed by atoms with Crippen LogP contribution in [0.1, 0.15) is 25.7 Å². The lowest BCUT2D eigenvalue weighted by Crippen LogP contribution is -2.42. The number of hydrogen-bond acceptors (Lipinski definition) is 5. The zero-order valence-electron chi connectivity index (χ0n) is 12.3. The zero-order chi connectivity index (χ0) is 15.1. The number of nitrogens with one attached hydrogen (secondary N) is 1. The van der Waals surface area contributed by atoms with Gasteiger partial charge in [-0.25, -0.2) is 4.79 Å². The minimum Gasteiger partial charge on any atom is -0.480 e. The number of carbonyl (C=O) groups is 2. The van der Waals surface area contributed by atoms with E-state index in [0.717, 1.165) is 38.8 Å². The zero-order valence-corrected chi connectivity index (χ0v) is 13.1. The Bertz CT molecular complexity index is 353. The Morgan fingerprint density at radius 1 is 1.19 bits per heavy atom. The van der Waals surface area contributed by atoms with Crippen molar-refractivity contribution < 1.29 is 19.4 Å². The lowest BCUT2D eigenvalue weighted by atomic mass is 10.1. The van der Waals surface area contributed by atoms with E-state index in [4.69, 9.17) is 9.84 Å². The third-order valence-electron chi connectivity index (χ3n) is 3.97. The summed E-state index contributed by atoms with van der Waals surface area (Å²) in [5.41, 5.74) is 0. The highest BCUT2D eigenvalue weighted by Gasteiger charge is 2.24. The number of amides is 1. The molecule has 2 fully saturated rings. The summed E-state index contributed by atoms with van der Waals surface area (Å²) >= 11 is 1.77.